The predicted octanol–water partition coefficient (Wildman–Crippen LogP) is 5.32. The molecule has 0 saturated heterocycles. The Morgan fingerprint density at radius 2 is 1.81 bits per heavy atom. The topological polar surface area (TPSA) is 42.0 Å². The molecule has 0 aliphatic rings. The van der Waals surface area contributed by atoms with Gasteiger partial charge in [-0.1, -0.05) is 54.6 Å². The molecular formula is C23H20N2OS. The lowest BCUT2D eigenvalue weighted by atomic mass is 10.0. The van der Waals surface area contributed by atoms with E-state index in [1.165, 1.54) is 4.88 Å². The van der Waals surface area contributed by atoms with Gasteiger partial charge in [-0.05, 0) is 30.5 Å². The molecule has 27 heavy (non-hydrogen) atoms. The van der Waals surface area contributed by atoms with Gasteiger partial charge in [0.05, 0.1) is 16.8 Å². The Labute approximate surface area is 162 Å². The van der Waals surface area contributed by atoms with E-state index in [4.69, 9.17) is 4.98 Å². The monoisotopic (exact) mass is 372 g/mol. The summed E-state index contributed by atoms with van der Waals surface area (Å²) < 4.78 is 0. The first-order valence-corrected chi connectivity index (χ1v) is 9.87. The summed E-state index contributed by atoms with van der Waals surface area (Å²) in [5.74, 6) is -0.0603. The number of fused-ring (bicyclic) bond motifs is 1. The molecule has 3 nitrogen and oxygen atoms in total. The molecule has 4 rings (SSSR count). The molecule has 0 saturated carbocycles. The van der Waals surface area contributed by atoms with Crippen LogP contribution in [0.3, 0.4) is 0 Å². The number of carbonyl (C=O) groups is 1. The van der Waals surface area contributed by atoms with Crippen molar-refractivity contribution >= 4 is 28.1 Å². The largest absolute Gasteiger partial charge is 0.349 e. The maximum atomic E-state index is 13.0. The van der Waals surface area contributed by atoms with Crippen LogP contribution in [-0.4, -0.2) is 16.9 Å². The first-order chi connectivity index (χ1) is 13.2. The third kappa shape index (κ3) is 3.91. The zero-order chi connectivity index (χ0) is 18.6. The number of rotatable bonds is 5. The Kier molecular flexibility index (Phi) is 4.99. The highest BCUT2D eigenvalue weighted by atomic mass is 32.1. The summed E-state index contributed by atoms with van der Waals surface area (Å²) in [5, 5.41) is 6.08. The third-order valence-electron chi connectivity index (χ3n) is 4.50. The first-order valence-electron chi connectivity index (χ1n) is 8.99. The van der Waals surface area contributed by atoms with Crippen LogP contribution in [0.4, 0.5) is 0 Å². The molecule has 1 unspecified atom stereocenters. The number of hydrogen-bond donors (Lipinski definition) is 1. The van der Waals surface area contributed by atoms with Crippen LogP contribution in [0.5, 0.6) is 0 Å². The Bertz CT molecular complexity index is 1060. The molecule has 0 fully saturated rings. The van der Waals surface area contributed by atoms with Crippen LogP contribution in [0.15, 0.2) is 78.2 Å². The number of pyridine rings is 1. The van der Waals surface area contributed by atoms with Crippen molar-refractivity contribution in [2.24, 2.45) is 0 Å². The van der Waals surface area contributed by atoms with Crippen molar-refractivity contribution in [2.75, 3.05) is 0 Å². The molecule has 1 amide bonds. The number of hydrogen-bond acceptors (Lipinski definition) is 3. The number of carbonyl (C=O) groups excluding carboxylic acids is 1. The van der Waals surface area contributed by atoms with E-state index >= 15 is 0 Å². The van der Waals surface area contributed by atoms with Gasteiger partial charge in [0.2, 0.25) is 0 Å². The Morgan fingerprint density at radius 3 is 2.59 bits per heavy atom. The van der Waals surface area contributed by atoms with Crippen molar-refractivity contribution in [3.63, 3.8) is 0 Å². The standard InChI is InChI=1S/C23H20N2OS/c1-16(14-18-10-7-13-27-18)24-23(26)20-15-22(17-8-3-2-4-9-17)25-21-12-6-5-11-19(20)21/h2-13,15-16H,14H2,1H3,(H,24,26). The minimum Gasteiger partial charge on any atom is -0.349 e. The van der Waals surface area contributed by atoms with Crippen LogP contribution in [0.1, 0.15) is 22.2 Å². The third-order valence-corrected chi connectivity index (χ3v) is 5.39. The first kappa shape index (κ1) is 17.4. The van der Waals surface area contributed by atoms with E-state index in [1.54, 1.807) is 11.3 Å². The van der Waals surface area contributed by atoms with Gasteiger partial charge >= 0.3 is 0 Å². The fraction of sp³-hybridized carbons (Fsp3) is 0.130. The van der Waals surface area contributed by atoms with Gasteiger partial charge in [-0.3, -0.25) is 4.79 Å². The number of thiophene rings is 1. The van der Waals surface area contributed by atoms with Crippen molar-refractivity contribution in [2.45, 2.75) is 19.4 Å². The van der Waals surface area contributed by atoms with E-state index in [2.05, 4.69) is 16.8 Å². The van der Waals surface area contributed by atoms with Gasteiger partial charge < -0.3 is 5.32 Å². The molecule has 1 N–H and O–H groups in total. The molecular weight excluding hydrogens is 352 g/mol. The summed E-state index contributed by atoms with van der Waals surface area (Å²) in [6.07, 6.45) is 0.831. The maximum Gasteiger partial charge on any atom is 0.252 e. The van der Waals surface area contributed by atoms with Crippen LogP contribution in [0, 0.1) is 0 Å². The van der Waals surface area contributed by atoms with Gasteiger partial charge in [0, 0.05) is 28.3 Å². The number of nitrogens with one attached hydrogen (secondary N) is 1. The smallest absolute Gasteiger partial charge is 0.252 e. The van der Waals surface area contributed by atoms with Crippen molar-refractivity contribution in [3.8, 4) is 11.3 Å². The molecule has 2 aromatic heterocycles. The molecule has 0 spiro atoms. The Hall–Kier alpha value is -2.98. The SMILES string of the molecule is CC(Cc1cccs1)NC(=O)c1cc(-c2ccccc2)nc2ccccc12. The highest BCUT2D eigenvalue weighted by molar-refractivity contribution is 7.09. The predicted molar refractivity (Wildman–Crippen MR) is 112 cm³/mol. The summed E-state index contributed by atoms with van der Waals surface area (Å²) >= 11 is 1.72. The van der Waals surface area contributed by atoms with Crippen LogP contribution < -0.4 is 5.32 Å². The van der Waals surface area contributed by atoms with Gasteiger partial charge in [-0.15, -0.1) is 11.3 Å². The van der Waals surface area contributed by atoms with Crippen LogP contribution in [0.25, 0.3) is 22.2 Å². The van der Waals surface area contributed by atoms with E-state index in [9.17, 15) is 4.79 Å². The quantitative estimate of drug-likeness (QED) is 0.515. The summed E-state index contributed by atoms with van der Waals surface area (Å²) in [6, 6.07) is 23.9. The average molecular weight is 372 g/mol. The van der Waals surface area contributed by atoms with Crippen molar-refractivity contribution < 1.29 is 4.79 Å². The van der Waals surface area contributed by atoms with E-state index in [0.717, 1.165) is 28.6 Å². The molecule has 4 aromatic rings. The van der Waals surface area contributed by atoms with Crippen LogP contribution in [0.2, 0.25) is 0 Å². The fourth-order valence-corrected chi connectivity index (χ4v) is 4.04. The number of amides is 1. The lowest BCUT2D eigenvalue weighted by Crippen LogP contribution is -2.34. The summed E-state index contributed by atoms with van der Waals surface area (Å²) in [4.78, 5) is 19.1. The van der Waals surface area contributed by atoms with Gasteiger partial charge in [-0.25, -0.2) is 4.98 Å². The molecule has 2 aromatic carbocycles. The lowest BCUT2D eigenvalue weighted by Gasteiger charge is -2.15. The minimum atomic E-state index is -0.0603. The van der Waals surface area contributed by atoms with E-state index in [1.807, 2.05) is 73.7 Å². The molecule has 134 valence electrons. The Balaban J connectivity index is 1.68. The van der Waals surface area contributed by atoms with Crippen molar-refractivity contribution in [3.05, 3.63) is 88.6 Å². The Morgan fingerprint density at radius 1 is 1.04 bits per heavy atom. The fourth-order valence-electron chi connectivity index (χ4n) is 3.20. The van der Waals surface area contributed by atoms with Crippen molar-refractivity contribution in [1.29, 1.82) is 0 Å². The van der Waals surface area contributed by atoms with E-state index < -0.39 is 0 Å². The van der Waals surface area contributed by atoms with E-state index in [0.29, 0.717) is 5.56 Å². The highest BCUT2D eigenvalue weighted by Gasteiger charge is 2.16. The van der Waals surface area contributed by atoms with Crippen LogP contribution >= 0.6 is 11.3 Å². The zero-order valence-electron chi connectivity index (χ0n) is 15.1. The van der Waals surface area contributed by atoms with Gasteiger partial charge in [-0.2, -0.15) is 0 Å². The maximum absolute atomic E-state index is 13.0. The second-order valence-corrected chi connectivity index (χ2v) is 7.63. The summed E-state index contributed by atoms with van der Waals surface area (Å²) in [5.41, 5.74) is 3.31. The van der Waals surface area contributed by atoms with Gasteiger partial charge in [0.25, 0.3) is 5.91 Å². The number of aromatic nitrogens is 1. The molecule has 1 atom stereocenters. The number of nitrogens with zero attached hydrogens (tertiary/aromatic N) is 1. The number of benzene rings is 2. The molecule has 0 aliphatic carbocycles. The molecule has 4 heteroatoms. The molecule has 2 heterocycles. The minimum absolute atomic E-state index is 0.0586. The molecule has 0 radical (unpaired) electrons. The second kappa shape index (κ2) is 7.72. The number of para-hydroxylation sites is 1. The van der Waals surface area contributed by atoms with E-state index in [-0.39, 0.29) is 11.9 Å². The molecule has 0 bridgehead atoms. The lowest BCUT2D eigenvalue weighted by molar-refractivity contribution is 0.0942. The van der Waals surface area contributed by atoms with Gasteiger partial charge in [0.15, 0.2) is 0 Å². The van der Waals surface area contributed by atoms with Gasteiger partial charge in [0.1, 0.15) is 0 Å². The second-order valence-electron chi connectivity index (χ2n) is 6.60. The van der Waals surface area contributed by atoms with Crippen molar-refractivity contribution in [1.82, 2.24) is 10.3 Å². The average Bonchev–Trinajstić information content (AvgIpc) is 3.20. The summed E-state index contributed by atoms with van der Waals surface area (Å²) in [6.45, 7) is 2.04. The normalized spacial score (nSPS) is 12.0. The molecule has 0 aliphatic heterocycles. The zero-order valence-corrected chi connectivity index (χ0v) is 15.9. The summed E-state index contributed by atoms with van der Waals surface area (Å²) in [7, 11) is 0. The highest BCUT2D eigenvalue weighted by Crippen LogP contribution is 2.25. The van der Waals surface area contributed by atoms with Crippen LogP contribution in [-0.2, 0) is 6.42 Å².